The molecule has 88 valence electrons. The lowest BCUT2D eigenvalue weighted by Crippen LogP contribution is -2.24. The highest BCUT2D eigenvalue weighted by atomic mass is 32.2. The molecule has 1 rings (SSSR count). The van der Waals surface area contributed by atoms with Crippen molar-refractivity contribution in [3.8, 4) is 0 Å². The highest BCUT2D eigenvalue weighted by Gasteiger charge is 2.04. The van der Waals surface area contributed by atoms with Crippen LogP contribution in [0.3, 0.4) is 0 Å². The molecule has 1 amide bonds. The monoisotopic (exact) mass is 239 g/mol. The summed E-state index contributed by atoms with van der Waals surface area (Å²) < 4.78 is 4.92. The van der Waals surface area contributed by atoms with Gasteiger partial charge < -0.3 is 9.50 Å². The van der Waals surface area contributed by atoms with Gasteiger partial charge in [-0.3, -0.25) is 4.79 Å². The van der Waals surface area contributed by atoms with Crippen LogP contribution >= 0.6 is 12.0 Å². The van der Waals surface area contributed by atoms with Gasteiger partial charge in [-0.15, -0.1) is 0 Å². The average Bonchev–Trinajstić information content (AvgIpc) is 2.30. The number of benzene rings is 1. The van der Waals surface area contributed by atoms with Crippen molar-refractivity contribution in [2.75, 3.05) is 13.7 Å². The quantitative estimate of drug-likeness (QED) is 0.613. The fraction of sp³-hybridized carbons (Fsp3) is 0.417. The molecule has 0 fully saturated rings. The van der Waals surface area contributed by atoms with Gasteiger partial charge in [-0.1, -0.05) is 13.3 Å². The Hall–Kier alpha value is -1.00. The summed E-state index contributed by atoms with van der Waals surface area (Å²) in [6, 6.07) is 7.37. The summed E-state index contributed by atoms with van der Waals surface area (Å²) in [7, 11) is 1.62. The van der Waals surface area contributed by atoms with Gasteiger partial charge in [-0.25, -0.2) is 0 Å². The molecule has 16 heavy (non-hydrogen) atoms. The van der Waals surface area contributed by atoms with E-state index in [9.17, 15) is 4.79 Å². The molecule has 3 nitrogen and oxygen atoms in total. The van der Waals surface area contributed by atoms with Gasteiger partial charge in [0.1, 0.15) is 0 Å². The van der Waals surface area contributed by atoms with Crippen molar-refractivity contribution in [2.24, 2.45) is 0 Å². The molecule has 0 saturated heterocycles. The van der Waals surface area contributed by atoms with Crippen LogP contribution in [0, 0.1) is 0 Å². The number of unbranched alkanes of at least 4 members (excludes halogenated alkanes) is 1. The van der Waals surface area contributed by atoms with Gasteiger partial charge >= 0.3 is 0 Å². The molecule has 1 N–H and O–H groups in total. The molecule has 0 spiro atoms. The molecule has 0 bridgehead atoms. The molecule has 0 atom stereocenters. The van der Waals surface area contributed by atoms with Crippen molar-refractivity contribution in [1.82, 2.24) is 5.32 Å². The van der Waals surface area contributed by atoms with Crippen LogP contribution in [0.15, 0.2) is 29.2 Å². The van der Waals surface area contributed by atoms with E-state index >= 15 is 0 Å². The molecule has 0 aliphatic heterocycles. The lowest BCUT2D eigenvalue weighted by Gasteiger charge is -2.04. The maximum Gasteiger partial charge on any atom is 0.251 e. The van der Waals surface area contributed by atoms with Gasteiger partial charge in [0, 0.05) is 29.0 Å². The number of amides is 1. The minimum atomic E-state index is -0.0117. The summed E-state index contributed by atoms with van der Waals surface area (Å²) in [6.45, 7) is 2.84. The van der Waals surface area contributed by atoms with Gasteiger partial charge in [0.25, 0.3) is 5.91 Å². The molecule has 0 aliphatic carbocycles. The number of carbonyl (C=O) groups is 1. The van der Waals surface area contributed by atoms with Crippen LogP contribution in [0.1, 0.15) is 30.1 Å². The zero-order valence-electron chi connectivity index (χ0n) is 9.66. The van der Waals surface area contributed by atoms with E-state index in [1.54, 1.807) is 7.11 Å². The van der Waals surface area contributed by atoms with E-state index in [4.69, 9.17) is 4.18 Å². The number of nitrogens with one attached hydrogen (secondary N) is 1. The molecule has 0 saturated carbocycles. The van der Waals surface area contributed by atoms with Crippen LogP contribution in [0.4, 0.5) is 0 Å². The Morgan fingerprint density at radius 2 is 2.06 bits per heavy atom. The summed E-state index contributed by atoms with van der Waals surface area (Å²) in [6.07, 6.45) is 2.10. The smallest absolute Gasteiger partial charge is 0.251 e. The second-order valence-corrected chi connectivity index (χ2v) is 4.36. The fourth-order valence-corrected chi connectivity index (χ4v) is 1.68. The molecule has 0 aromatic heterocycles. The Bertz CT molecular complexity index is 324. The van der Waals surface area contributed by atoms with Gasteiger partial charge in [0.15, 0.2) is 0 Å². The van der Waals surface area contributed by atoms with Gasteiger partial charge in [-0.05, 0) is 30.7 Å². The molecule has 4 heteroatoms. The maximum absolute atomic E-state index is 11.6. The van der Waals surface area contributed by atoms with Crippen molar-refractivity contribution in [3.05, 3.63) is 29.8 Å². The highest BCUT2D eigenvalue weighted by molar-refractivity contribution is 7.94. The SMILES string of the molecule is CCCCNC(=O)c1ccc(SOC)cc1. The first-order chi connectivity index (χ1) is 7.77. The molecule has 1 aromatic rings. The predicted molar refractivity (Wildman–Crippen MR) is 66.5 cm³/mol. The Kier molecular flexibility index (Phi) is 5.96. The fourth-order valence-electron chi connectivity index (χ4n) is 1.24. The van der Waals surface area contributed by atoms with Crippen LogP contribution in [0.5, 0.6) is 0 Å². The van der Waals surface area contributed by atoms with E-state index in [0.717, 1.165) is 24.3 Å². The van der Waals surface area contributed by atoms with E-state index in [1.165, 1.54) is 12.0 Å². The van der Waals surface area contributed by atoms with E-state index in [1.807, 2.05) is 24.3 Å². The van der Waals surface area contributed by atoms with Crippen molar-refractivity contribution in [2.45, 2.75) is 24.7 Å². The van der Waals surface area contributed by atoms with Crippen molar-refractivity contribution in [3.63, 3.8) is 0 Å². The minimum Gasteiger partial charge on any atom is -0.352 e. The third-order valence-corrected chi connectivity index (χ3v) is 2.74. The maximum atomic E-state index is 11.6. The van der Waals surface area contributed by atoms with Crippen molar-refractivity contribution >= 4 is 17.9 Å². The van der Waals surface area contributed by atoms with E-state index in [-0.39, 0.29) is 5.91 Å². The second kappa shape index (κ2) is 7.30. The highest BCUT2D eigenvalue weighted by Crippen LogP contribution is 2.18. The number of hydrogen-bond donors (Lipinski definition) is 1. The van der Waals surface area contributed by atoms with Gasteiger partial charge in [-0.2, -0.15) is 0 Å². The summed E-state index contributed by atoms with van der Waals surface area (Å²) in [5, 5.41) is 2.87. The lowest BCUT2D eigenvalue weighted by atomic mass is 10.2. The second-order valence-electron chi connectivity index (χ2n) is 3.38. The summed E-state index contributed by atoms with van der Waals surface area (Å²) in [4.78, 5) is 12.6. The average molecular weight is 239 g/mol. The number of carbonyl (C=O) groups excluding carboxylic acids is 1. The third-order valence-electron chi connectivity index (χ3n) is 2.11. The molecule has 1 aromatic carbocycles. The Morgan fingerprint density at radius 1 is 1.38 bits per heavy atom. The van der Waals surface area contributed by atoms with Crippen LogP contribution in [-0.2, 0) is 4.18 Å². The molecule has 0 unspecified atom stereocenters. The topological polar surface area (TPSA) is 38.3 Å². The minimum absolute atomic E-state index is 0.0117. The van der Waals surface area contributed by atoms with Crippen molar-refractivity contribution in [1.29, 1.82) is 0 Å². The van der Waals surface area contributed by atoms with Gasteiger partial charge in [0.05, 0.1) is 7.11 Å². The Balaban J connectivity index is 2.49. The van der Waals surface area contributed by atoms with E-state index < -0.39 is 0 Å². The standard InChI is InChI=1S/C12H17NO2S/c1-3-4-9-13-12(14)10-5-7-11(8-6-10)16-15-2/h5-8H,3-4,9H2,1-2H3,(H,13,14). The lowest BCUT2D eigenvalue weighted by molar-refractivity contribution is 0.0953. The first-order valence-electron chi connectivity index (χ1n) is 5.37. The zero-order valence-corrected chi connectivity index (χ0v) is 10.5. The molecule has 0 aliphatic rings. The first-order valence-corrected chi connectivity index (χ1v) is 6.11. The molecular formula is C12H17NO2S. The van der Waals surface area contributed by atoms with Crippen LogP contribution in [0.25, 0.3) is 0 Å². The van der Waals surface area contributed by atoms with Crippen molar-refractivity contribution < 1.29 is 8.98 Å². The first kappa shape index (κ1) is 13.1. The summed E-state index contributed by atoms with van der Waals surface area (Å²) >= 11 is 1.29. The summed E-state index contributed by atoms with van der Waals surface area (Å²) in [5.41, 5.74) is 0.691. The Morgan fingerprint density at radius 3 is 2.62 bits per heavy atom. The predicted octanol–water partition coefficient (Wildman–Crippen LogP) is 2.87. The Labute approximate surface area is 101 Å². The molecule has 0 heterocycles. The zero-order chi connectivity index (χ0) is 11.8. The summed E-state index contributed by atoms with van der Waals surface area (Å²) in [5.74, 6) is -0.0117. The largest absolute Gasteiger partial charge is 0.352 e. The van der Waals surface area contributed by atoms with Gasteiger partial charge in [0.2, 0.25) is 0 Å². The number of hydrogen-bond acceptors (Lipinski definition) is 3. The van der Waals surface area contributed by atoms with Crippen LogP contribution in [0.2, 0.25) is 0 Å². The van der Waals surface area contributed by atoms with E-state index in [0.29, 0.717) is 5.56 Å². The normalized spacial score (nSPS) is 10.1. The van der Waals surface area contributed by atoms with Crippen LogP contribution < -0.4 is 5.32 Å². The van der Waals surface area contributed by atoms with Crippen LogP contribution in [-0.4, -0.2) is 19.6 Å². The number of rotatable bonds is 6. The van der Waals surface area contributed by atoms with E-state index in [2.05, 4.69) is 12.2 Å². The molecule has 0 radical (unpaired) electrons. The molecular weight excluding hydrogens is 222 g/mol. The third kappa shape index (κ3) is 4.24.